The number of anilines is 1. The van der Waals surface area contributed by atoms with Crippen LogP contribution in [0.2, 0.25) is 0 Å². The molecule has 0 unspecified atom stereocenters. The van der Waals surface area contributed by atoms with Crippen LogP contribution in [-0.4, -0.2) is 37.4 Å². The Hall–Kier alpha value is -1.33. The molecule has 0 bridgehead atoms. The van der Waals surface area contributed by atoms with Crippen molar-refractivity contribution in [3.05, 3.63) is 18.3 Å². The number of methoxy groups -OCH3 is 1. The normalized spacial score (nSPS) is 22.5. The van der Waals surface area contributed by atoms with E-state index in [0.29, 0.717) is 12.1 Å². The highest BCUT2D eigenvalue weighted by molar-refractivity contribution is 5.37. The lowest BCUT2D eigenvalue weighted by Crippen LogP contribution is -2.30. The van der Waals surface area contributed by atoms with Crippen molar-refractivity contribution in [3.8, 4) is 5.75 Å². The first-order valence-corrected chi connectivity index (χ1v) is 7.39. The van der Waals surface area contributed by atoms with Gasteiger partial charge in [-0.2, -0.15) is 0 Å². The molecule has 1 saturated carbocycles. The number of hydrogen-bond acceptors (Lipinski definition) is 5. The maximum Gasteiger partial charge on any atom is 0.137 e. The number of hydrogen-bond donors (Lipinski definition) is 2. The molecule has 0 aromatic carbocycles. The zero-order valence-electron chi connectivity index (χ0n) is 12.2. The summed E-state index contributed by atoms with van der Waals surface area (Å²) < 4.78 is 10.9. The fourth-order valence-corrected chi connectivity index (χ4v) is 2.40. The number of pyridine rings is 1. The lowest BCUT2D eigenvalue weighted by molar-refractivity contribution is 0.0251. The molecule has 2 rings (SSSR count). The van der Waals surface area contributed by atoms with E-state index in [9.17, 15) is 0 Å². The molecule has 1 aliphatic rings. The van der Waals surface area contributed by atoms with Crippen LogP contribution in [0.1, 0.15) is 32.1 Å². The monoisotopic (exact) mass is 279 g/mol. The molecule has 5 nitrogen and oxygen atoms in total. The van der Waals surface area contributed by atoms with Gasteiger partial charge in [0.2, 0.25) is 0 Å². The van der Waals surface area contributed by atoms with Crippen molar-refractivity contribution in [1.82, 2.24) is 4.98 Å². The number of ether oxygens (including phenoxy) is 2. The highest BCUT2D eigenvalue weighted by Crippen LogP contribution is 2.19. The topological polar surface area (TPSA) is 69.4 Å². The number of aromatic nitrogens is 1. The summed E-state index contributed by atoms with van der Waals surface area (Å²) in [6.07, 6.45) is 7.51. The first kappa shape index (κ1) is 15.1. The molecule has 5 heteroatoms. The third-order valence-electron chi connectivity index (χ3n) is 3.67. The first-order chi connectivity index (χ1) is 9.78. The van der Waals surface area contributed by atoms with E-state index in [4.69, 9.17) is 15.2 Å². The van der Waals surface area contributed by atoms with Crippen LogP contribution in [0.4, 0.5) is 5.82 Å². The summed E-state index contributed by atoms with van der Waals surface area (Å²) in [6.45, 7) is 1.66. The lowest BCUT2D eigenvalue weighted by Gasteiger charge is -2.26. The molecule has 3 N–H and O–H groups in total. The van der Waals surface area contributed by atoms with Crippen molar-refractivity contribution in [1.29, 1.82) is 0 Å². The van der Waals surface area contributed by atoms with Crippen LogP contribution in [0.3, 0.4) is 0 Å². The minimum absolute atomic E-state index is 0.387. The summed E-state index contributed by atoms with van der Waals surface area (Å²) in [5.41, 5.74) is 5.88. The van der Waals surface area contributed by atoms with Gasteiger partial charge in [-0.1, -0.05) is 0 Å². The molecule has 0 amide bonds. The SMILES string of the molecule is COc1ccc(NCCCOC2CCC(N)CC2)nc1. The summed E-state index contributed by atoms with van der Waals surface area (Å²) in [6, 6.07) is 4.21. The van der Waals surface area contributed by atoms with Crippen LogP contribution in [0, 0.1) is 0 Å². The maximum atomic E-state index is 5.88. The average molecular weight is 279 g/mol. The van der Waals surface area contributed by atoms with E-state index >= 15 is 0 Å². The minimum Gasteiger partial charge on any atom is -0.495 e. The Labute approximate surface area is 120 Å². The second-order valence-corrected chi connectivity index (χ2v) is 5.27. The van der Waals surface area contributed by atoms with E-state index < -0.39 is 0 Å². The molecule has 1 aromatic rings. The van der Waals surface area contributed by atoms with Crippen molar-refractivity contribution in [2.45, 2.75) is 44.2 Å². The zero-order chi connectivity index (χ0) is 14.2. The Balaban J connectivity index is 1.55. The Morgan fingerprint density at radius 3 is 2.75 bits per heavy atom. The number of nitrogens with two attached hydrogens (primary N) is 1. The van der Waals surface area contributed by atoms with Crippen molar-refractivity contribution in [3.63, 3.8) is 0 Å². The molecule has 20 heavy (non-hydrogen) atoms. The molecule has 1 fully saturated rings. The van der Waals surface area contributed by atoms with Crippen molar-refractivity contribution in [2.75, 3.05) is 25.6 Å². The Morgan fingerprint density at radius 2 is 2.10 bits per heavy atom. The zero-order valence-corrected chi connectivity index (χ0v) is 12.2. The third kappa shape index (κ3) is 4.98. The van der Waals surface area contributed by atoms with Crippen molar-refractivity contribution < 1.29 is 9.47 Å². The first-order valence-electron chi connectivity index (χ1n) is 7.39. The number of nitrogens with one attached hydrogen (secondary N) is 1. The molecule has 0 saturated heterocycles. The molecule has 0 spiro atoms. The molecule has 0 aliphatic heterocycles. The van der Waals surface area contributed by atoms with Crippen molar-refractivity contribution in [2.24, 2.45) is 5.73 Å². The summed E-state index contributed by atoms with van der Waals surface area (Å²) in [7, 11) is 1.64. The van der Waals surface area contributed by atoms with Gasteiger partial charge in [0.25, 0.3) is 0 Å². The van der Waals surface area contributed by atoms with Gasteiger partial charge in [-0.3, -0.25) is 0 Å². The summed E-state index contributed by atoms with van der Waals surface area (Å²) in [5.74, 6) is 1.64. The van der Waals surface area contributed by atoms with Crippen molar-refractivity contribution >= 4 is 5.82 Å². The number of rotatable bonds is 7. The third-order valence-corrected chi connectivity index (χ3v) is 3.67. The van der Waals surface area contributed by atoms with E-state index in [0.717, 1.165) is 56.8 Å². The predicted octanol–water partition coefficient (Wildman–Crippen LogP) is 2.18. The second-order valence-electron chi connectivity index (χ2n) is 5.27. The van der Waals surface area contributed by atoms with Gasteiger partial charge in [-0.05, 0) is 44.2 Å². The molecule has 1 aromatic heterocycles. The van der Waals surface area contributed by atoms with Gasteiger partial charge in [-0.25, -0.2) is 4.98 Å². The van der Waals surface area contributed by atoms with E-state index in [1.807, 2.05) is 12.1 Å². The Bertz CT molecular complexity index is 375. The highest BCUT2D eigenvalue weighted by Gasteiger charge is 2.18. The van der Waals surface area contributed by atoms with Crippen LogP contribution < -0.4 is 15.8 Å². The van der Waals surface area contributed by atoms with E-state index in [1.54, 1.807) is 13.3 Å². The predicted molar refractivity (Wildman–Crippen MR) is 80.1 cm³/mol. The smallest absolute Gasteiger partial charge is 0.137 e. The largest absolute Gasteiger partial charge is 0.495 e. The van der Waals surface area contributed by atoms with Gasteiger partial charge >= 0.3 is 0 Å². The Kier molecular flexibility index (Phi) is 6.08. The Morgan fingerprint density at radius 1 is 1.30 bits per heavy atom. The van der Waals surface area contributed by atoms with Gasteiger partial charge in [0, 0.05) is 19.2 Å². The van der Waals surface area contributed by atoms with E-state index in [1.165, 1.54) is 0 Å². The second kappa shape index (κ2) is 8.07. The lowest BCUT2D eigenvalue weighted by atomic mass is 9.94. The quantitative estimate of drug-likeness (QED) is 0.749. The van der Waals surface area contributed by atoms with Crippen LogP contribution in [0.15, 0.2) is 18.3 Å². The summed E-state index contributed by atoms with van der Waals surface area (Å²) in [4.78, 5) is 4.25. The van der Waals surface area contributed by atoms with Gasteiger partial charge in [0.05, 0.1) is 19.4 Å². The fourth-order valence-electron chi connectivity index (χ4n) is 2.40. The van der Waals surface area contributed by atoms with Crippen LogP contribution in [-0.2, 0) is 4.74 Å². The van der Waals surface area contributed by atoms with Gasteiger partial charge in [0.1, 0.15) is 11.6 Å². The van der Waals surface area contributed by atoms with Gasteiger partial charge in [0.15, 0.2) is 0 Å². The molecule has 112 valence electrons. The summed E-state index contributed by atoms with van der Waals surface area (Å²) >= 11 is 0. The molecular formula is C15H25N3O2. The molecule has 1 heterocycles. The maximum absolute atomic E-state index is 5.88. The minimum atomic E-state index is 0.387. The summed E-state index contributed by atoms with van der Waals surface area (Å²) in [5, 5.41) is 3.27. The molecule has 0 atom stereocenters. The molecular weight excluding hydrogens is 254 g/mol. The molecule has 1 aliphatic carbocycles. The van der Waals surface area contributed by atoms with E-state index in [-0.39, 0.29) is 0 Å². The van der Waals surface area contributed by atoms with Crippen LogP contribution >= 0.6 is 0 Å². The van der Waals surface area contributed by atoms with E-state index in [2.05, 4.69) is 10.3 Å². The molecule has 0 radical (unpaired) electrons. The van der Waals surface area contributed by atoms with Crippen LogP contribution in [0.25, 0.3) is 0 Å². The van der Waals surface area contributed by atoms with Gasteiger partial charge < -0.3 is 20.5 Å². The highest BCUT2D eigenvalue weighted by atomic mass is 16.5. The average Bonchev–Trinajstić information content (AvgIpc) is 2.49. The van der Waals surface area contributed by atoms with Crippen LogP contribution in [0.5, 0.6) is 5.75 Å². The number of nitrogens with zero attached hydrogens (tertiary/aromatic N) is 1. The van der Waals surface area contributed by atoms with Gasteiger partial charge in [-0.15, -0.1) is 0 Å². The fraction of sp³-hybridized carbons (Fsp3) is 0.667. The standard InChI is InChI=1S/C15H25N3O2/c1-19-14-7-8-15(18-11-14)17-9-2-10-20-13-5-3-12(16)4-6-13/h7-8,11-13H,2-6,9-10,16H2,1H3,(H,17,18).